The predicted octanol–water partition coefficient (Wildman–Crippen LogP) is 2.46. The Labute approximate surface area is 128 Å². The summed E-state index contributed by atoms with van der Waals surface area (Å²) in [6.45, 7) is 3.00. The van der Waals surface area contributed by atoms with Crippen molar-refractivity contribution in [1.82, 2.24) is 10.2 Å². The number of nitrogens with zero attached hydrogens (tertiary/aromatic N) is 2. The molecule has 21 heavy (non-hydrogen) atoms. The number of halogens is 1. The van der Waals surface area contributed by atoms with Gasteiger partial charge in [0.25, 0.3) is 0 Å². The maximum atomic E-state index is 11.9. The zero-order valence-electron chi connectivity index (χ0n) is 11.7. The molecule has 0 aromatic heterocycles. The minimum atomic E-state index is -0.545. The highest BCUT2D eigenvalue weighted by atomic mass is 35.5. The normalized spacial score (nSPS) is 16.2. The first-order valence-corrected chi connectivity index (χ1v) is 7.16. The number of urea groups is 1. The molecule has 1 aromatic rings. The second-order valence-corrected chi connectivity index (χ2v) is 5.14. The minimum Gasteiger partial charge on any atom is -0.333 e. The maximum absolute atomic E-state index is 11.9. The second-order valence-electron chi connectivity index (χ2n) is 4.70. The molecule has 6 nitrogen and oxygen atoms in total. The van der Waals surface area contributed by atoms with Gasteiger partial charge in [0.05, 0.1) is 0 Å². The SMILES string of the molecule is CCCCN1CC(=O)NC1=NC(=O)Nc1cccc(Cl)c1. The molecule has 0 atom stereocenters. The van der Waals surface area contributed by atoms with Gasteiger partial charge in [0.1, 0.15) is 6.54 Å². The number of aliphatic imine (C=N–C) groups is 1. The number of carbonyl (C=O) groups excluding carboxylic acids is 2. The Kier molecular flexibility index (Phi) is 5.16. The van der Waals surface area contributed by atoms with Crippen LogP contribution in [-0.2, 0) is 4.79 Å². The number of amides is 3. The third-order valence-electron chi connectivity index (χ3n) is 2.95. The summed E-state index contributed by atoms with van der Waals surface area (Å²) < 4.78 is 0. The molecular formula is C14H17ClN4O2. The third kappa shape index (κ3) is 4.46. The van der Waals surface area contributed by atoms with E-state index in [1.807, 2.05) is 0 Å². The van der Waals surface area contributed by atoms with Gasteiger partial charge in [-0.05, 0) is 24.6 Å². The molecule has 0 bridgehead atoms. The minimum absolute atomic E-state index is 0.152. The third-order valence-corrected chi connectivity index (χ3v) is 3.19. The lowest BCUT2D eigenvalue weighted by Crippen LogP contribution is -2.32. The molecule has 1 aliphatic heterocycles. The molecule has 0 spiro atoms. The number of carbonyl (C=O) groups is 2. The van der Waals surface area contributed by atoms with Gasteiger partial charge in [-0.15, -0.1) is 0 Å². The highest BCUT2D eigenvalue weighted by Gasteiger charge is 2.25. The first kappa shape index (κ1) is 15.3. The fraction of sp³-hybridized carbons (Fsp3) is 0.357. The summed E-state index contributed by atoms with van der Waals surface area (Å²) in [5, 5.41) is 5.73. The molecule has 0 radical (unpaired) electrons. The van der Waals surface area contributed by atoms with Crippen molar-refractivity contribution in [3.8, 4) is 0 Å². The molecule has 1 heterocycles. The van der Waals surface area contributed by atoms with Crippen molar-refractivity contribution in [3.63, 3.8) is 0 Å². The fourth-order valence-corrected chi connectivity index (χ4v) is 2.13. The van der Waals surface area contributed by atoms with Crippen LogP contribution in [0.5, 0.6) is 0 Å². The van der Waals surface area contributed by atoms with Crippen molar-refractivity contribution in [3.05, 3.63) is 29.3 Å². The van der Waals surface area contributed by atoms with E-state index in [9.17, 15) is 9.59 Å². The molecule has 7 heteroatoms. The molecular weight excluding hydrogens is 292 g/mol. The second kappa shape index (κ2) is 7.08. The van der Waals surface area contributed by atoms with Crippen LogP contribution in [0.2, 0.25) is 5.02 Å². The van der Waals surface area contributed by atoms with E-state index < -0.39 is 6.03 Å². The average Bonchev–Trinajstić information content (AvgIpc) is 2.76. The summed E-state index contributed by atoms with van der Waals surface area (Å²) in [5.74, 6) is 0.147. The Morgan fingerprint density at radius 2 is 2.33 bits per heavy atom. The number of hydrogen-bond donors (Lipinski definition) is 2. The number of hydrogen-bond acceptors (Lipinski definition) is 2. The first-order valence-electron chi connectivity index (χ1n) is 6.78. The largest absolute Gasteiger partial charge is 0.348 e. The van der Waals surface area contributed by atoms with E-state index in [0.29, 0.717) is 23.2 Å². The zero-order valence-corrected chi connectivity index (χ0v) is 12.5. The van der Waals surface area contributed by atoms with E-state index in [1.54, 1.807) is 29.2 Å². The van der Waals surface area contributed by atoms with E-state index in [1.165, 1.54) is 0 Å². The van der Waals surface area contributed by atoms with E-state index in [-0.39, 0.29) is 12.5 Å². The monoisotopic (exact) mass is 308 g/mol. The Hall–Kier alpha value is -2.08. The number of nitrogens with one attached hydrogen (secondary N) is 2. The fourth-order valence-electron chi connectivity index (χ4n) is 1.94. The van der Waals surface area contributed by atoms with Crippen LogP contribution in [0.25, 0.3) is 0 Å². The smallest absolute Gasteiger partial charge is 0.333 e. The van der Waals surface area contributed by atoms with Crippen molar-refractivity contribution in [2.24, 2.45) is 4.99 Å². The quantitative estimate of drug-likeness (QED) is 0.897. The van der Waals surface area contributed by atoms with E-state index >= 15 is 0 Å². The Morgan fingerprint density at radius 3 is 3.05 bits per heavy atom. The van der Waals surface area contributed by atoms with Gasteiger partial charge >= 0.3 is 6.03 Å². The summed E-state index contributed by atoms with van der Waals surface area (Å²) in [4.78, 5) is 29.0. The average molecular weight is 309 g/mol. The van der Waals surface area contributed by atoms with Crippen molar-refractivity contribution < 1.29 is 9.59 Å². The summed E-state index contributed by atoms with van der Waals surface area (Å²) in [6, 6.07) is 6.24. The van der Waals surface area contributed by atoms with Crippen molar-refractivity contribution in [2.45, 2.75) is 19.8 Å². The number of benzene rings is 1. The van der Waals surface area contributed by atoms with Gasteiger partial charge in [-0.2, -0.15) is 4.99 Å². The van der Waals surface area contributed by atoms with Gasteiger partial charge in [-0.3, -0.25) is 10.1 Å². The van der Waals surface area contributed by atoms with Gasteiger partial charge in [0.2, 0.25) is 11.9 Å². The maximum Gasteiger partial charge on any atom is 0.348 e. The Morgan fingerprint density at radius 1 is 1.52 bits per heavy atom. The molecule has 0 saturated carbocycles. The molecule has 1 saturated heterocycles. The van der Waals surface area contributed by atoms with Crippen LogP contribution < -0.4 is 10.6 Å². The van der Waals surface area contributed by atoms with E-state index in [4.69, 9.17) is 11.6 Å². The lowest BCUT2D eigenvalue weighted by atomic mass is 10.3. The highest BCUT2D eigenvalue weighted by Crippen LogP contribution is 2.15. The number of guanidine groups is 1. The lowest BCUT2D eigenvalue weighted by Gasteiger charge is -2.15. The van der Waals surface area contributed by atoms with Crippen molar-refractivity contribution >= 4 is 35.2 Å². The van der Waals surface area contributed by atoms with Crippen LogP contribution >= 0.6 is 11.6 Å². The van der Waals surface area contributed by atoms with Crippen LogP contribution in [-0.4, -0.2) is 35.9 Å². The molecule has 1 aromatic carbocycles. The van der Waals surface area contributed by atoms with Gasteiger partial charge in [-0.1, -0.05) is 31.0 Å². The van der Waals surface area contributed by atoms with Gasteiger partial charge in [0, 0.05) is 17.3 Å². The van der Waals surface area contributed by atoms with Crippen LogP contribution in [0.1, 0.15) is 19.8 Å². The standard InChI is InChI=1S/C14H17ClN4O2/c1-2-3-7-19-9-12(20)17-13(19)18-14(21)16-11-6-4-5-10(15)8-11/h4-6,8H,2-3,7,9H2,1H3,(H2,16,17,18,20,21). The van der Waals surface area contributed by atoms with Gasteiger partial charge in [-0.25, -0.2) is 4.79 Å². The van der Waals surface area contributed by atoms with Crippen LogP contribution in [0.3, 0.4) is 0 Å². The number of unbranched alkanes of at least 4 members (excludes halogenated alkanes) is 1. The first-order chi connectivity index (χ1) is 10.1. The molecule has 0 unspecified atom stereocenters. The molecule has 0 aliphatic carbocycles. The highest BCUT2D eigenvalue weighted by molar-refractivity contribution is 6.30. The molecule has 3 amide bonds. The number of anilines is 1. The van der Waals surface area contributed by atoms with Gasteiger partial charge < -0.3 is 10.2 Å². The van der Waals surface area contributed by atoms with E-state index in [0.717, 1.165) is 12.8 Å². The molecule has 112 valence electrons. The summed E-state index contributed by atoms with van der Waals surface area (Å²) in [5.41, 5.74) is 0.557. The van der Waals surface area contributed by atoms with Crippen molar-refractivity contribution in [2.75, 3.05) is 18.4 Å². The van der Waals surface area contributed by atoms with Gasteiger partial charge in [0.15, 0.2) is 0 Å². The molecule has 2 rings (SSSR count). The predicted molar refractivity (Wildman–Crippen MR) is 82.5 cm³/mol. The van der Waals surface area contributed by atoms with Crippen molar-refractivity contribution in [1.29, 1.82) is 0 Å². The molecule has 2 N–H and O–H groups in total. The summed E-state index contributed by atoms with van der Waals surface area (Å²) in [7, 11) is 0. The Bertz CT molecular complexity index is 574. The lowest BCUT2D eigenvalue weighted by molar-refractivity contribution is -0.118. The molecule has 1 fully saturated rings. The van der Waals surface area contributed by atoms with E-state index in [2.05, 4.69) is 22.5 Å². The van der Waals surface area contributed by atoms with Crippen LogP contribution in [0, 0.1) is 0 Å². The van der Waals surface area contributed by atoms with Crippen LogP contribution in [0.15, 0.2) is 29.3 Å². The van der Waals surface area contributed by atoms with Crippen LogP contribution in [0.4, 0.5) is 10.5 Å². The number of rotatable bonds is 4. The molecule has 1 aliphatic rings. The zero-order chi connectivity index (χ0) is 15.2. The summed E-state index contributed by atoms with van der Waals surface area (Å²) >= 11 is 5.85. The topological polar surface area (TPSA) is 73.8 Å². The summed E-state index contributed by atoms with van der Waals surface area (Å²) in [6.07, 6.45) is 1.94. The Balaban J connectivity index is 2.03.